The summed E-state index contributed by atoms with van der Waals surface area (Å²) in [6, 6.07) is 1.39. The van der Waals surface area contributed by atoms with Gasteiger partial charge in [0.1, 0.15) is 11.8 Å². The summed E-state index contributed by atoms with van der Waals surface area (Å²) in [4.78, 5) is 31.8. The van der Waals surface area contributed by atoms with Gasteiger partial charge in [-0.15, -0.1) is 0 Å². The summed E-state index contributed by atoms with van der Waals surface area (Å²) in [6.45, 7) is 17.7. The highest BCUT2D eigenvalue weighted by Gasteiger charge is 2.41. The van der Waals surface area contributed by atoms with Crippen LogP contribution in [0.15, 0.2) is 12.1 Å². The monoisotopic (exact) mass is 613 g/mol. The number of hydrogen-bond acceptors (Lipinski definition) is 6. The van der Waals surface area contributed by atoms with Gasteiger partial charge in [-0.1, -0.05) is 20.8 Å². The first-order chi connectivity index (χ1) is 19.8. The predicted molar refractivity (Wildman–Crippen MR) is 160 cm³/mol. The standard InChI is InChI=1S/C32H50F3N3O5/c1-10-31(8,9)28(40)37(15-13-23-19-42-23)26-17-24(25(16-21(26)4)32(33,34)35)27(39)38(20(2)3)22-12-11-14-36(18-22)29(41)43-30(5,6)7/h16-17,20,22-23,28,40H,10-15,18-19H2,1-9H3/t22-,23?,28?/m1/s1. The highest BCUT2D eigenvalue weighted by Crippen LogP contribution is 2.40. The first kappa shape index (κ1) is 35.0. The number of hydrogen-bond donors (Lipinski definition) is 1. The molecule has 0 aliphatic carbocycles. The Bertz CT molecular complexity index is 1140. The molecule has 2 aliphatic heterocycles. The minimum atomic E-state index is -4.78. The molecule has 2 aliphatic rings. The molecule has 1 aromatic carbocycles. The van der Waals surface area contributed by atoms with Gasteiger partial charge in [-0.3, -0.25) is 4.79 Å². The molecule has 11 heteroatoms. The zero-order valence-electron chi connectivity index (χ0n) is 27.2. The van der Waals surface area contributed by atoms with E-state index in [4.69, 9.17) is 9.47 Å². The van der Waals surface area contributed by atoms with Crippen molar-refractivity contribution in [3.8, 4) is 0 Å². The third kappa shape index (κ3) is 8.77. The SMILES string of the molecule is CCC(C)(C)C(O)N(CCC1CO1)c1cc(C(=O)N(C(C)C)[C@@H]2CCCN(C(=O)OC(C)(C)C)C2)c(C(F)(F)F)cc1C. The average molecular weight is 614 g/mol. The highest BCUT2D eigenvalue weighted by atomic mass is 19.4. The Balaban J connectivity index is 2.06. The van der Waals surface area contributed by atoms with Gasteiger partial charge in [0.05, 0.1) is 29.9 Å². The maximum absolute atomic E-state index is 14.5. The Kier molecular flexibility index (Phi) is 10.7. The molecule has 2 heterocycles. The number of aryl methyl sites for hydroxylation is 1. The molecule has 8 nitrogen and oxygen atoms in total. The number of amides is 2. The van der Waals surface area contributed by atoms with Crippen LogP contribution < -0.4 is 4.90 Å². The number of carbonyl (C=O) groups is 2. The molecule has 0 radical (unpaired) electrons. The number of anilines is 1. The molecule has 0 bridgehead atoms. The molecule has 2 unspecified atom stereocenters. The van der Waals surface area contributed by atoms with Crippen LogP contribution in [-0.2, 0) is 15.7 Å². The minimum Gasteiger partial charge on any atom is -0.444 e. The molecule has 3 rings (SSSR count). The fourth-order valence-electron chi connectivity index (χ4n) is 5.55. The van der Waals surface area contributed by atoms with Crippen LogP contribution in [-0.4, -0.2) is 83.2 Å². The number of piperidine rings is 1. The Morgan fingerprint density at radius 1 is 1.16 bits per heavy atom. The third-order valence-electron chi connectivity index (χ3n) is 8.41. The third-order valence-corrected chi connectivity index (χ3v) is 8.41. The van der Waals surface area contributed by atoms with Crippen LogP contribution in [0.4, 0.5) is 23.7 Å². The zero-order valence-corrected chi connectivity index (χ0v) is 27.2. The molecule has 1 N–H and O–H groups in total. The zero-order chi connectivity index (χ0) is 32.5. The lowest BCUT2D eigenvalue weighted by molar-refractivity contribution is -0.138. The lowest BCUT2D eigenvalue weighted by Gasteiger charge is -2.42. The summed E-state index contributed by atoms with van der Waals surface area (Å²) < 4.78 is 54.4. The fraction of sp³-hybridized carbons (Fsp3) is 0.750. The molecule has 244 valence electrons. The smallest absolute Gasteiger partial charge is 0.417 e. The van der Waals surface area contributed by atoms with E-state index in [0.717, 1.165) is 6.07 Å². The molecule has 1 aromatic rings. The van der Waals surface area contributed by atoms with Gasteiger partial charge in [0.25, 0.3) is 5.91 Å². The minimum absolute atomic E-state index is 0.0472. The van der Waals surface area contributed by atoms with Gasteiger partial charge in [-0.2, -0.15) is 13.2 Å². The molecular formula is C32H50F3N3O5. The quantitative estimate of drug-likeness (QED) is 0.236. The second kappa shape index (κ2) is 13.2. The van der Waals surface area contributed by atoms with Crippen LogP contribution in [0.2, 0.25) is 0 Å². The fourth-order valence-corrected chi connectivity index (χ4v) is 5.55. The number of halogens is 3. The molecule has 2 fully saturated rings. The summed E-state index contributed by atoms with van der Waals surface area (Å²) in [5.41, 5.74) is -2.05. The van der Waals surface area contributed by atoms with Gasteiger partial charge in [0.15, 0.2) is 0 Å². The number of carbonyl (C=O) groups excluding carboxylic acids is 2. The lowest BCUT2D eigenvalue weighted by atomic mass is 9.86. The van der Waals surface area contributed by atoms with Crippen molar-refractivity contribution in [3.63, 3.8) is 0 Å². The first-order valence-electron chi connectivity index (χ1n) is 15.4. The molecule has 43 heavy (non-hydrogen) atoms. The summed E-state index contributed by atoms with van der Waals surface area (Å²) in [7, 11) is 0. The number of rotatable bonds is 10. The van der Waals surface area contributed by atoms with Crippen molar-refractivity contribution in [2.75, 3.05) is 31.1 Å². The molecule has 2 amide bonds. The van der Waals surface area contributed by atoms with Crippen molar-refractivity contribution in [2.24, 2.45) is 5.41 Å². The van der Waals surface area contributed by atoms with E-state index in [2.05, 4.69) is 0 Å². The van der Waals surface area contributed by atoms with Crippen LogP contribution >= 0.6 is 0 Å². The van der Waals surface area contributed by atoms with Gasteiger partial charge in [0.2, 0.25) is 0 Å². The van der Waals surface area contributed by atoms with E-state index in [-0.39, 0.29) is 12.6 Å². The number of benzene rings is 1. The molecular weight excluding hydrogens is 563 g/mol. The maximum atomic E-state index is 14.5. The van der Waals surface area contributed by atoms with Crippen molar-refractivity contribution in [3.05, 3.63) is 28.8 Å². The number of aliphatic hydroxyl groups is 1. The molecule has 0 saturated carbocycles. The van der Waals surface area contributed by atoms with Crippen molar-refractivity contribution >= 4 is 17.7 Å². The first-order valence-corrected chi connectivity index (χ1v) is 15.4. The molecule has 2 saturated heterocycles. The second-order valence-corrected chi connectivity index (χ2v) is 13.9. The largest absolute Gasteiger partial charge is 0.444 e. The van der Waals surface area contributed by atoms with Crippen LogP contribution in [0, 0.1) is 12.3 Å². The van der Waals surface area contributed by atoms with E-state index in [1.165, 1.54) is 15.9 Å². The van der Waals surface area contributed by atoms with Crippen molar-refractivity contribution in [1.29, 1.82) is 0 Å². The number of ether oxygens (including phenoxy) is 2. The molecule has 0 aromatic heterocycles. The van der Waals surface area contributed by atoms with E-state index < -0.39 is 58.6 Å². The number of likely N-dealkylation sites (tertiary alicyclic amines) is 1. The van der Waals surface area contributed by atoms with E-state index >= 15 is 0 Å². The molecule has 3 atom stereocenters. The normalized spacial score (nSPS) is 20.2. The Morgan fingerprint density at radius 2 is 1.79 bits per heavy atom. The van der Waals surface area contributed by atoms with Gasteiger partial charge in [-0.05, 0) is 84.9 Å². The van der Waals surface area contributed by atoms with E-state index in [1.54, 1.807) is 46.4 Å². The van der Waals surface area contributed by atoms with Crippen LogP contribution in [0.5, 0.6) is 0 Å². The van der Waals surface area contributed by atoms with Crippen molar-refractivity contribution < 1.29 is 37.3 Å². The number of aliphatic hydroxyl groups excluding tert-OH is 1. The van der Waals surface area contributed by atoms with Crippen molar-refractivity contribution in [1.82, 2.24) is 9.80 Å². The second-order valence-electron chi connectivity index (χ2n) is 13.9. The van der Waals surface area contributed by atoms with Crippen LogP contribution in [0.25, 0.3) is 0 Å². The Morgan fingerprint density at radius 3 is 2.30 bits per heavy atom. The maximum Gasteiger partial charge on any atom is 0.417 e. The number of epoxide rings is 1. The van der Waals surface area contributed by atoms with Gasteiger partial charge in [0, 0.05) is 36.8 Å². The summed E-state index contributed by atoms with van der Waals surface area (Å²) >= 11 is 0. The Hall–Kier alpha value is -2.53. The van der Waals surface area contributed by atoms with Crippen LogP contribution in [0.1, 0.15) is 103 Å². The summed E-state index contributed by atoms with van der Waals surface area (Å²) in [5, 5.41) is 11.5. The van der Waals surface area contributed by atoms with Gasteiger partial charge >= 0.3 is 12.3 Å². The average Bonchev–Trinajstić information content (AvgIpc) is 3.72. The van der Waals surface area contributed by atoms with Crippen LogP contribution in [0.3, 0.4) is 0 Å². The van der Waals surface area contributed by atoms with Gasteiger partial charge < -0.3 is 29.3 Å². The van der Waals surface area contributed by atoms with E-state index in [1.807, 2.05) is 20.8 Å². The van der Waals surface area contributed by atoms with Gasteiger partial charge in [-0.25, -0.2) is 4.79 Å². The number of nitrogens with zero attached hydrogens (tertiary/aromatic N) is 3. The van der Waals surface area contributed by atoms with Crippen molar-refractivity contribution in [2.45, 2.75) is 124 Å². The van der Waals surface area contributed by atoms with E-state index in [9.17, 15) is 27.9 Å². The summed E-state index contributed by atoms with van der Waals surface area (Å²) in [5.74, 6) is -0.755. The molecule has 0 spiro atoms. The predicted octanol–water partition coefficient (Wildman–Crippen LogP) is 6.61. The lowest BCUT2D eigenvalue weighted by Crippen LogP contribution is -2.54. The summed E-state index contributed by atoms with van der Waals surface area (Å²) in [6.07, 6.45) is -3.89. The van der Waals surface area contributed by atoms with E-state index in [0.29, 0.717) is 56.6 Å². The Labute approximate surface area is 254 Å². The topological polar surface area (TPSA) is 85.9 Å². The highest BCUT2D eigenvalue weighted by molar-refractivity contribution is 5.97. The number of alkyl halides is 3.